The van der Waals surface area contributed by atoms with E-state index in [4.69, 9.17) is 9.40 Å². The van der Waals surface area contributed by atoms with Crippen LogP contribution in [-0.4, -0.2) is 43.8 Å². The fraction of sp³-hybridized carbons (Fsp3) is 0.367. The number of aromatic hydroxyl groups is 1. The number of nitrogens with zero attached hydrogens (tertiary/aromatic N) is 3. The molecule has 3 heterocycles. The molecule has 2 aromatic carbocycles. The second-order valence-corrected chi connectivity index (χ2v) is 11.6. The highest BCUT2D eigenvalue weighted by Crippen LogP contribution is 2.37. The topological polar surface area (TPSA) is 101 Å². The van der Waals surface area contributed by atoms with Gasteiger partial charge in [0.15, 0.2) is 5.16 Å². The standard InChI is InChI=1S/C30H32N4O4S/c1-19-16-20-6-4-7-21(28(20)38-19)17-31-14-12-27(36)33-15-13-24-23(18-33)29(37)34(25-10-2-3-11-26(25)35)30(32-24)39-22-8-5-9-22/h2-4,6-7,10-11,16,22,31,35H,5,8-9,12-15,17-18H2,1H3. The van der Waals surface area contributed by atoms with E-state index in [2.05, 4.69) is 5.32 Å². The smallest absolute Gasteiger partial charge is 0.264 e. The number of fused-ring (bicyclic) bond motifs is 2. The van der Waals surface area contributed by atoms with Crippen molar-refractivity contribution in [2.75, 3.05) is 13.1 Å². The number of carbonyl (C=O) groups excluding carboxylic acids is 1. The number of thioether (sulfide) groups is 1. The third-order valence-electron chi connectivity index (χ3n) is 7.58. The number of phenolic OH excluding ortho intramolecular Hbond substituents is 1. The Hall–Kier alpha value is -3.56. The molecule has 1 aliphatic heterocycles. The van der Waals surface area contributed by atoms with Crippen LogP contribution >= 0.6 is 11.8 Å². The molecule has 0 bridgehead atoms. The van der Waals surface area contributed by atoms with Gasteiger partial charge in [-0.2, -0.15) is 0 Å². The number of amides is 1. The monoisotopic (exact) mass is 544 g/mol. The molecule has 2 aliphatic rings. The van der Waals surface area contributed by atoms with Crippen molar-refractivity contribution in [1.82, 2.24) is 19.8 Å². The van der Waals surface area contributed by atoms with Gasteiger partial charge in [0.25, 0.3) is 5.56 Å². The van der Waals surface area contributed by atoms with Gasteiger partial charge in [0.05, 0.1) is 23.5 Å². The summed E-state index contributed by atoms with van der Waals surface area (Å²) in [7, 11) is 0. The Morgan fingerprint density at radius 3 is 2.85 bits per heavy atom. The van der Waals surface area contributed by atoms with Gasteiger partial charge in [-0.15, -0.1) is 0 Å². The summed E-state index contributed by atoms with van der Waals surface area (Å²) >= 11 is 1.61. The van der Waals surface area contributed by atoms with E-state index in [9.17, 15) is 14.7 Å². The van der Waals surface area contributed by atoms with Gasteiger partial charge in [-0.3, -0.25) is 14.2 Å². The van der Waals surface area contributed by atoms with E-state index >= 15 is 0 Å². The number of rotatable bonds is 8. The molecule has 9 heteroatoms. The molecule has 0 spiro atoms. The minimum atomic E-state index is -0.208. The van der Waals surface area contributed by atoms with Crippen LogP contribution in [0.3, 0.4) is 0 Å². The fourth-order valence-corrected chi connectivity index (χ4v) is 6.53. The van der Waals surface area contributed by atoms with Crippen LogP contribution in [0.2, 0.25) is 0 Å². The highest BCUT2D eigenvalue weighted by molar-refractivity contribution is 7.99. The molecule has 1 fully saturated rings. The van der Waals surface area contributed by atoms with Gasteiger partial charge in [-0.1, -0.05) is 48.5 Å². The molecule has 0 unspecified atom stereocenters. The van der Waals surface area contributed by atoms with Crippen molar-refractivity contribution in [1.29, 1.82) is 0 Å². The minimum absolute atomic E-state index is 0.00151. The molecule has 2 N–H and O–H groups in total. The molecule has 0 atom stereocenters. The van der Waals surface area contributed by atoms with Gasteiger partial charge >= 0.3 is 0 Å². The molecule has 202 valence electrons. The number of carbonyl (C=O) groups is 1. The van der Waals surface area contributed by atoms with Gasteiger partial charge in [0.1, 0.15) is 17.1 Å². The summed E-state index contributed by atoms with van der Waals surface area (Å²) in [5.74, 6) is 0.913. The Bertz CT molecular complexity index is 1590. The van der Waals surface area contributed by atoms with E-state index in [1.165, 1.54) is 11.0 Å². The summed E-state index contributed by atoms with van der Waals surface area (Å²) in [6.07, 6.45) is 4.27. The fourth-order valence-electron chi connectivity index (χ4n) is 5.22. The molecule has 2 aromatic heterocycles. The Balaban J connectivity index is 1.16. The molecule has 8 nitrogen and oxygen atoms in total. The zero-order valence-electron chi connectivity index (χ0n) is 22.0. The average Bonchev–Trinajstić information content (AvgIpc) is 3.30. The number of para-hydroxylation sites is 3. The van der Waals surface area contributed by atoms with Gasteiger partial charge in [-0.05, 0) is 38.0 Å². The van der Waals surface area contributed by atoms with Crippen molar-refractivity contribution >= 4 is 28.6 Å². The van der Waals surface area contributed by atoms with Crippen molar-refractivity contribution in [2.24, 2.45) is 0 Å². The number of hydrogen-bond acceptors (Lipinski definition) is 7. The van der Waals surface area contributed by atoms with E-state index < -0.39 is 0 Å². The normalized spacial score (nSPS) is 15.4. The maximum absolute atomic E-state index is 13.8. The third kappa shape index (κ3) is 5.21. The third-order valence-corrected chi connectivity index (χ3v) is 8.87. The Labute approximate surface area is 231 Å². The molecule has 0 saturated heterocycles. The van der Waals surface area contributed by atoms with Crippen LogP contribution in [-0.2, 0) is 24.3 Å². The number of aromatic nitrogens is 2. The van der Waals surface area contributed by atoms with Crippen molar-refractivity contribution in [3.8, 4) is 11.4 Å². The molecule has 6 rings (SSSR count). The van der Waals surface area contributed by atoms with Crippen molar-refractivity contribution in [2.45, 2.75) is 62.5 Å². The highest BCUT2D eigenvalue weighted by Gasteiger charge is 2.29. The lowest BCUT2D eigenvalue weighted by Gasteiger charge is -2.30. The SMILES string of the molecule is Cc1cc2cccc(CNCCC(=O)N3CCc4nc(SC5CCC5)n(-c5ccccc5O)c(=O)c4C3)c2o1. The second kappa shape index (κ2) is 10.9. The Kier molecular flexibility index (Phi) is 7.18. The summed E-state index contributed by atoms with van der Waals surface area (Å²) in [5, 5.41) is 16.0. The van der Waals surface area contributed by atoms with E-state index in [1.807, 2.05) is 31.2 Å². The highest BCUT2D eigenvalue weighted by atomic mass is 32.2. The molecular weight excluding hydrogens is 512 g/mol. The Morgan fingerprint density at radius 2 is 2.05 bits per heavy atom. The zero-order valence-corrected chi connectivity index (χ0v) is 22.8. The predicted octanol–water partition coefficient (Wildman–Crippen LogP) is 4.70. The number of phenols is 1. The van der Waals surface area contributed by atoms with Crippen molar-refractivity contribution in [3.63, 3.8) is 0 Å². The first kappa shape index (κ1) is 25.7. The Morgan fingerprint density at radius 1 is 1.21 bits per heavy atom. The van der Waals surface area contributed by atoms with E-state index in [1.54, 1.807) is 40.9 Å². The summed E-state index contributed by atoms with van der Waals surface area (Å²) in [6.45, 7) is 3.84. The molecule has 1 amide bonds. The van der Waals surface area contributed by atoms with E-state index in [-0.39, 0.29) is 23.8 Å². The maximum Gasteiger partial charge on any atom is 0.264 e. The van der Waals surface area contributed by atoms with Crippen LogP contribution in [0.15, 0.2) is 62.9 Å². The van der Waals surface area contributed by atoms with E-state index in [0.29, 0.717) is 54.1 Å². The zero-order chi connectivity index (χ0) is 26.9. The van der Waals surface area contributed by atoms with Gasteiger partial charge in [0, 0.05) is 48.7 Å². The summed E-state index contributed by atoms with van der Waals surface area (Å²) in [4.78, 5) is 33.6. The summed E-state index contributed by atoms with van der Waals surface area (Å²) in [5.41, 5.74) is 3.45. The van der Waals surface area contributed by atoms with Crippen molar-refractivity contribution in [3.05, 3.63) is 81.5 Å². The minimum Gasteiger partial charge on any atom is -0.506 e. The average molecular weight is 545 g/mol. The number of nitrogens with one attached hydrogen (secondary N) is 1. The maximum atomic E-state index is 13.8. The van der Waals surface area contributed by atoms with Gasteiger partial charge in [0.2, 0.25) is 5.91 Å². The van der Waals surface area contributed by atoms with Crippen LogP contribution in [0.5, 0.6) is 5.75 Å². The van der Waals surface area contributed by atoms with Crippen LogP contribution in [0.4, 0.5) is 0 Å². The molecule has 39 heavy (non-hydrogen) atoms. The largest absolute Gasteiger partial charge is 0.506 e. The molecule has 0 radical (unpaired) electrons. The second-order valence-electron chi connectivity index (χ2n) is 10.3. The quantitative estimate of drug-likeness (QED) is 0.245. The first-order chi connectivity index (χ1) is 19.0. The van der Waals surface area contributed by atoms with Gasteiger partial charge in [-0.25, -0.2) is 4.98 Å². The van der Waals surface area contributed by atoms with Crippen LogP contribution in [0, 0.1) is 6.92 Å². The van der Waals surface area contributed by atoms with Gasteiger partial charge < -0.3 is 19.7 Å². The van der Waals surface area contributed by atoms with Crippen molar-refractivity contribution < 1.29 is 14.3 Å². The number of hydrogen-bond donors (Lipinski definition) is 2. The molecule has 4 aromatic rings. The van der Waals surface area contributed by atoms with Crippen LogP contribution < -0.4 is 10.9 Å². The summed E-state index contributed by atoms with van der Waals surface area (Å²) < 4.78 is 7.37. The summed E-state index contributed by atoms with van der Waals surface area (Å²) in [6, 6.07) is 14.9. The predicted molar refractivity (Wildman–Crippen MR) is 151 cm³/mol. The lowest BCUT2D eigenvalue weighted by Crippen LogP contribution is -2.42. The molecular formula is C30H32N4O4S. The number of aryl methyl sites for hydroxylation is 1. The van der Waals surface area contributed by atoms with E-state index in [0.717, 1.165) is 40.8 Å². The van der Waals surface area contributed by atoms with Crippen LogP contribution in [0.25, 0.3) is 16.7 Å². The number of benzene rings is 2. The first-order valence-electron chi connectivity index (χ1n) is 13.5. The lowest BCUT2D eigenvalue weighted by atomic mass is 10.0. The molecule has 1 aliphatic carbocycles. The number of furan rings is 1. The van der Waals surface area contributed by atoms with Crippen LogP contribution in [0.1, 0.15) is 48.3 Å². The molecule has 1 saturated carbocycles. The lowest BCUT2D eigenvalue weighted by molar-refractivity contribution is -0.132. The first-order valence-corrected chi connectivity index (χ1v) is 14.4.